The number of sulfonamides is 1. The number of halogens is 1. The minimum Gasteiger partial charge on any atom is -0.326 e. The summed E-state index contributed by atoms with van der Waals surface area (Å²) in [5, 5.41) is 0. The van der Waals surface area contributed by atoms with Gasteiger partial charge in [0, 0.05) is 19.1 Å². The lowest BCUT2D eigenvalue weighted by molar-refractivity contribution is 0.367. The molecule has 2 atom stereocenters. The first-order chi connectivity index (χ1) is 8.84. The molecule has 0 saturated carbocycles. The van der Waals surface area contributed by atoms with Gasteiger partial charge in [0.1, 0.15) is 10.7 Å². The molecular weight excluding hydrogens is 267 g/mol. The molecule has 106 valence electrons. The van der Waals surface area contributed by atoms with Crippen LogP contribution in [0.25, 0.3) is 0 Å². The molecule has 1 aliphatic rings. The van der Waals surface area contributed by atoms with Crippen molar-refractivity contribution in [3.05, 3.63) is 30.1 Å². The fourth-order valence-electron chi connectivity index (χ4n) is 2.51. The smallest absolute Gasteiger partial charge is 0.246 e. The van der Waals surface area contributed by atoms with Crippen molar-refractivity contribution in [2.24, 2.45) is 17.6 Å². The second-order valence-electron chi connectivity index (χ2n) is 5.32. The predicted octanol–water partition coefficient (Wildman–Crippen LogP) is 1.43. The van der Waals surface area contributed by atoms with E-state index < -0.39 is 15.8 Å². The number of rotatable bonds is 3. The quantitative estimate of drug-likeness (QED) is 0.914. The van der Waals surface area contributed by atoms with E-state index in [9.17, 15) is 12.8 Å². The van der Waals surface area contributed by atoms with Gasteiger partial charge in [0.15, 0.2) is 0 Å². The molecule has 0 aromatic heterocycles. The van der Waals surface area contributed by atoms with E-state index in [0.717, 1.165) is 6.07 Å². The highest BCUT2D eigenvalue weighted by molar-refractivity contribution is 7.89. The molecule has 2 rings (SSSR count). The van der Waals surface area contributed by atoms with Gasteiger partial charge in [0.25, 0.3) is 0 Å². The SMILES string of the molecule is CC(C)[C@H]1CN(S(=O)(=O)c2ccccc2F)C[C@@H]1N. The van der Waals surface area contributed by atoms with Gasteiger partial charge in [-0.15, -0.1) is 0 Å². The fourth-order valence-corrected chi connectivity index (χ4v) is 4.09. The van der Waals surface area contributed by atoms with Crippen LogP contribution in [0.4, 0.5) is 4.39 Å². The van der Waals surface area contributed by atoms with Gasteiger partial charge < -0.3 is 5.73 Å². The van der Waals surface area contributed by atoms with E-state index in [1.54, 1.807) is 0 Å². The Labute approximate surface area is 113 Å². The molecule has 1 fully saturated rings. The lowest BCUT2D eigenvalue weighted by atomic mass is 9.92. The van der Waals surface area contributed by atoms with Crippen LogP contribution in [0.2, 0.25) is 0 Å². The topological polar surface area (TPSA) is 63.4 Å². The van der Waals surface area contributed by atoms with Gasteiger partial charge in [0.2, 0.25) is 10.0 Å². The van der Waals surface area contributed by atoms with E-state index in [4.69, 9.17) is 5.73 Å². The summed E-state index contributed by atoms with van der Waals surface area (Å²) < 4.78 is 39.7. The lowest BCUT2D eigenvalue weighted by Crippen LogP contribution is -2.33. The van der Waals surface area contributed by atoms with Crippen molar-refractivity contribution in [3.8, 4) is 0 Å². The molecule has 6 heteroatoms. The van der Waals surface area contributed by atoms with Gasteiger partial charge in [-0.25, -0.2) is 12.8 Å². The van der Waals surface area contributed by atoms with Crippen LogP contribution < -0.4 is 5.73 Å². The van der Waals surface area contributed by atoms with E-state index >= 15 is 0 Å². The zero-order valence-corrected chi connectivity index (χ0v) is 11.9. The van der Waals surface area contributed by atoms with Gasteiger partial charge in [-0.05, 0) is 24.0 Å². The molecule has 1 aromatic rings. The van der Waals surface area contributed by atoms with Crippen molar-refractivity contribution in [1.29, 1.82) is 0 Å². The Morgan fingerprint density at radius 1 is 1.32 bits per heavy atom. The summed E-state index contributed by atoms with van der Waals surface area (Å²) in [6.07, 6.45) is 0. The Morgan fingerprint density at radius 3 is 2.47 bits per heavy atom. The first-order valence-corrected chi connectivity index (χ1v) is 7.78. The molecule has 1 heterocycles. The Bertz CT molecular complexity index is 560. The van der Waals surface area contributed by atoms with Crippen LogP contribution in [0.15, 0.2) is 29.2 Å². The second kappa shape index (κ2) is 5.19. The highest BCUT2D eigenvalue weighted by Crippen LogP contribution is 2.28. The lowest BCUT2D eigenvalue weighted by Gasteiger charge is -2.18. The third kappa shape index (κ3) is 2.66. The third-order valence-electron chi connectivity index (χ3n) is 3.69. The normalized spacial score (nSPS) is 25.1. The zero-order valence-electron chi connectivity index (χ0n) is 11.1. The van der Waals surface area contributed by atoms with Gasteiger partial charge in [0.05, 0.1) is 0 Å². The van der Waals surface area contributed by atoms with Crippen LogP contribution in [-0.4, -0.2) is 31.9 Å². The molecule has 1 saturated heterocycles. The minimum atomic E-state index is -3.79. The Morgan fingerprint density at radius 2 is 1.95 bits per heavy atom. The van der Waals surface area contributed by atoms with Crippen LogP contribution in [0.5, 0.6) is 0 Å². The Kier molecular flexibility index (Phi) is 3.94. The number of nitrogens with zero attached hydrogens (tertiary/aromatic N) is 1. The summed E-state index contributed by atoms with van der Waals surface area (Å²) in [7, 11) is -3.79. The van der Waals surface area contributed by atoms with Crippen molar-refractivity contribution in [2.45, 2.75) is 24.8 Å². The highest BCUT2D eigenvalue weighted by Gasteiger charge is 2.39. The van der Waals surface area contributed by atoms with Crippen LogP contribution in [-0.2, 0) is 10.0 Å². The molecule has 0 amide bonds. The van der Waals surface area contributed by atoms with Gasteiger partial charge in [-0.2, -0.15) is 4.31 Å². The fraction of sp³-hybridized carbons (Fsp3) is 0.538. The number of hydrogen-bond donors (Lipinski definition) is 1. The molecule has 19 heavy (non-hydrogen) atoms. The third-order valence-corrected chi connectivity index (χ3v) is 5.55. The van der Waals surface area contributed by atoms with E-state index in [0.29, 0.717) is 12.5 Å². The molecule has 2 N–H and O–H groups in total. The number of nitrogens with two attached hydrogens (primary N) is 1. The first kappa shape index (κ1) is 14.4. The van der Waals surface area contributed by atoms with Crippen LogP contribution >= 0.6 is 0 Å². The van der Waals surface area contributed by atoms with E-state index in [1.165, 1.54) is 22.5 Å². The average molecular weight is 286 g/mol. The number of benzene rings is 1. The maximum Gasteiger partial charge on any atom is 0.246 e. The van der Waals surface area contributed by atoms with Crippen LogP contribution in [0.3, 0.4) is 0 Å². The predicted molar refractivity (Wildman–Crippen MR) is 71.5 cm³/mol. The molecule has 4 nitrogen and oxygen atoms in total. The summed E-state index contributed by atoms with van der Waals surface area (Å²) in [6.45, 7) is 4.64. The average Bonchev–Trinajstić information content (AvgIpc) is 2.72. The van der Waals surface area contributed by atoms with Gasteiger partial charge in [-0.1, -0.05) is 26.0 Å². The highest BCUT2D eigenvalue weighted by atomic mass is 32.2. The van der Waals surface area contributed by atoms with Crippen LogP contribution in [0.1, 0.15) is 13.8 Å². The number of hydrogen-bond acceptors (Lipinski definition) is 3. The molecular formula is C13H19FN2O2S. The van der Waals surface area contributed by atoms with Crippen molar-refractivity contribution in [1.82, 2.24) is 4.31 Å². The van der Waals surface area contributed by atoms with Crippen molar-refractivity contribution in [3.63, 3.8) is 0 Å². The van der Waals surface area contributed by atoms with Crippen molar-refractivity contribution >= 4 is 10.0 Å². The first-order valence-electron chi connectivity index (χ1n) is 6.34. The van der Waals surface area contributed by atoms with E-state index in [2.05, 4.69) is 0 Å². The largest absolute Gasteiger partial charge is 0.326 e. The van der Waals surface area contributed by atoms with E-state index in [-0.39, 0.29) is 23.4 Å². The van der Waals surface area contributed by atoms with Gasteiger partial charge >= 0.3 is 0 Å². The summed E-state index contributed by atoms with van der Waals surface area (Å²) in [6, 6.07) is 5.25. The Balaban J connectivity index is 2.30. The second-order valence-corrected chi connectivity index (χ2v) is 7.23. The summed E-state index contributed by atoms with van der Waals surface area (Å²) in [5.74, 6) is -0.304. The van der Waals surface area contributed by atoms with Crippen molar-refractivity contribution in [2.75, 3.05) is 13.1 Å². The maximum atomic E-state index is 13.7. The summed E-state index contributed by atoms with van der Waals surface area (Å²) in [4.78, 5) is -0.272. The Hall–Kier alpha value is -0.980. The summed E-state index contributed by atoms with van der Waals surface area (Å²) in [5.41, 5.74) is 5.98. The molecule has 0 radical (unpaired) electrons. The molecule has 0 unspecified atom stereocenters. The molecule has 0 aliphatic carbocycles. The molecule has 1 aromatic carbocycles. The summed E-state index contributed by atoms with van der Waals surface area (Å²) >= 11 is 0. The maximum absolute atomic E-state index is 13.7. The molecule has 0 bridgehead atoms. The monoisotopic (exact) mass is 286 g/mol. The molecule has 1 aliphatic heterocycles. The van der Waals surface area contributed by atoms with Crippen molar-refractivity contribution < 1.29 is 12.8 Å². The van der Waals surface area contributed by atoms with Gasteiger partial charge in [-0.3, -0.25) is 0 Å². The standard InChI is InChI=1S/C13H19FN2O2S/c1-9(2)10-7-16(8-12(10)15)19(17,18)13-6-4-3-5-11(13)14/h3-6,9-10,12H,7-8,15H2,1-2H3/t10-,12+/m1/s1. The van der Waals surface area contributed by atoms with Crippen LogP contribution in [0, 0.1) is 17.7 Å². The minimum absolute atomic E-state index is 0.113. The van der Waals surface area contributed by atoms with E-state index in [1.807, 2.05) is 13.8 Å². The zero-order chi connectivity index (χ0) is 14.2. The molecule has 0 spiro atoms.